The monoisotopic (exact) mass is 267 g/mol. The summed E-state index contributed by atoms with van der Waals surface area (Å²) in [6.07, 6.45) is 3.35. The number of rotatable bonds is 5. The summed E-state index contributed by atoms with van der Waals surface area (Å²) in [5, 5.41) is 0. The highest BCUT2D eigenvalue weighted by molar-refractivity contribution is 5.80. The van der Waals surface area contributed by atoms with Crippen LogP contribution >= 0.6 is 0 Å². The topological polar surface area (TPSA) is 20.3 Å². The fourth-order valence-electron chi connectivity index (χ4n) is 3.70. The lowest BCUT2D eigenvalue weighted by atomic mass is 9.81. The van der Waals surface area contributed by atoms with Crippen molar-refractivity contribution in [2.45, 2.75) is 79.8 Å². The van der Waals surface area contributed by atoms with Crippen LogP contribution in [0.5, 0.6) is 0 Å². The number of hydrogen-bond acceptors (Lipinski definition) is 1. The van der Waals surface area contributed by atoms with Crippen LogP contribution in [0.1, 0.15) is 67.7 Å². The van der Waals surface area contributed by atoms with E-state index in [0.717, 1.165) is 12.8 Å². The molecule has 0 bridgehead atoms. The van der Waals surface area contributed by atoms with Gasteiger partial charge in [-0.05, 0) is 37.5 Å². The van der Waals surface area contributed by atoms with Gasteiger partial charge in [-0.1, -0.05) is 48.0 Å². The Hall–Kier alpha value is -0.530. The molecule has 1 aliphatic rings. The molecule has 1 saturated heterocycles. The largest absolute Gasteiger partial charge is 0.336 e. The van der Waals surface area contributed by atoms with Crippen molar-refractivity contribution in [3.05, 3.63) is 0 Å². The predicted molar refractivity (Wildman–Crippen MR) is 82.0 cm³/mol. The summed E-state index contributed by atoms with van der Waals surface area (Å²) >= 11 is 0. The smallest absolute Gasteiger partial charge is 0.226 e. The van der Waals surface area contributed by atoms with E-state index >= 15 is 0 Å². The number of carbonyl (C=O) groups excluding carboxylic acids is 1. The quantitative estimate of drug-likeness (QED) is 0.725. The molecule has 5 atom stereocenters. The summed E-state index contributed by atoms with van der Waals surface area (Å²) in [7, 11) is 0. The zero-order chi connectivity index (χ0) is 14.7. The SMILES string of the molecule is CCC(C)C(C(=O)N1C(C)C(C)C[C@H]1CC)C(C)C. The maximum absolute atomic E-state index is 13.0. The predicted octanol–water partition coefficient (Wildman–Crippen LogP) is 4.34. The standard InChI is InChI=1S/C17H33NO/c1-8-12(5)16(11(3)4)17(19)18-14(7)13(6)10-15(18)9-2/h11-16H,8-10H2,1-7H3/t12?,13?,14?,15-,16?/m1/s1. The van der Waals surface area contributed by atoms with E-state index in [0.29, 0.717) is 35.7 Å². The molecule has 0 aliphatic carbocycles. The summed E-state index contributed by atoms with van der Waals surface area (Å²) in [6, 6.07) is 0.866. The number of likely N-dealkylation sites (tertiary alicyclic amines) is 1. The van der Waals surface area contributed by atoms with E-state index < -0.39 is 0 Å². The third-order valence-corrected chi connectivity index (χ3v) is 5.29. The van der Waals surface area contributed by atoms with Crippen LogP contribution < -0.4 is 0 Å². The number of carbonyl (C=O) groups is 1. The summed E-state index contributed by atoms with van der Waals surface area (Å²) in [5.74, 6) is 2.15. The Morgan fingerprint density at radius 1 is 1.21 bits per heavy atom. The van der Waals surface area contributed by atoms with Gasteiger partial charge in [0.1, 0.15) is 0 Å². The number of hydrogen-bond donors (Lipinski definition) is 0. The molecule has 1 rings (SSSR count). The minimum absolute atomic E-state index is 0.187. The van der Waals surface area contributed by atoms with Crippen molar-refractivity contribution in [1.82, 2.24) is 4.90 Å². The van der Waals surface area contributed by atoms with Crippen LogP contribution in [0, 0.1) is 23.7 Å². The van der Waals surface area contributed by atoms with Gasteiger partial charge in [0, 0.05) is 18.0 Å². The Labute approximate surface area is 119 Å². The lowest BCUT2D eigenvalue weighted by Gasteiger charge is -2.36. The zero-order valence-corrected chi connectivity index (χ0v) is 13.9. The van der Waals surface area contributed by atoms with E-state index in [-0.39, 0.29) is 5.92 Å². The van der Waals surface area contributed by atoms with Gasteiger partial charge in [0.15, 0.2) is 0 Å². The summed E-state index contributed by atoms with van der Waals surface area (Å²) in [6.45, 7) is 15.5. The highest BCUT2D eigenvalue weighted by Gasteiger charge is 2.42. The van der Waals surface area contributed by atoms with Crippen LogP contribution in [0.3, 0.4) is 0 Å². The number of nitrogens with zero attached hydrogens (tertiary/aromatic N) is 1. The third kappa shape index (κ3) is 3.32. The summed E-state index contributed by atoms with van der Waals surface area (Å²) in [4.78, 5) is 15.3. The van der Waals surface area contributed by atoms with Crippen LogP contribution in [0.15, 0.2) is 0 Å². The molecule has 0 aromatic rings. The van der Waals surface area contributed by atoms with Crippen LogP contribution in [-0.2, 0) is 4.79 Å². The van der Waals surface area contributed by atoms with Gasteiger partial charge in [0.05, 0.1) is 0 Å². The second kappa shape index (κ2) is 6.76. The second-order valence-corrected chi connectivity index (χ2v) is 6.92. The normalized spacial score (nSPS) is 30.7. The minimum Gasteiger partial charge on any atom is -0.336 e. The Morgan fingerprint density at radius 3 is 2.21 bits per heavy atom. The molecule has 1 heterocycles. The van der Waals surface area contributed by atoms with Crippen LogP contribution in [0.25, 0.3) is 0 Å². The molecule has 1 amide bonds. The fourth-order valence-corrected chi connectivity index (χ4v) is 3.70. The molecule has 4 unspecified atom stereocenters. The molecule has 0 spiro atoms. The first-order valence-corrected chi connectivity index (χ1v) is 8.17. The van der Waals surface area contributed by atoms with Crippen molar-refractivity contribution in [3.8, 4) is 0 Å². The first kappa shape index (κ1) is 16.5. The van der Waals surface area contributed by atoms with E-state index in [4.69, 9.17) is 0 Å². The molecule has 0 aromatic heterocycles. The maximum Gasteiger partial charge on any atom is 0.226 e. The molecule has 0 radical (unpaired) electrons. The van der Waals surface area contributed by atoms with Crippen molar-refractivity contribution >= 4 is 5.91 Å². The second-order valence-electron chi connectivity index (χ2n) is 6.92. The molecular formula is C17H33NO. The van der Waals surface area contributed by atoms with Crippen LogP contribution in [0.2, 0.25) is 0 Å². The molecule has 19 heavy (non-hydrogen) atoms. The highest BCUT2D eigenvalue weighted by Crippen LogP contribution is 2.35. The third-order valence-electron chi connectivity index (χ3n) is 5.29. The minimum atomic E-state index is 0.187. The van der Waals surface area contributed by atoms with Crippen molar-refractivity contribution < 1.29 is 4.79 Å². The summed E-state index contributed by atoms with van der Waals surface area (Å²) < 4.78 is 0. The van der Waals surface area contributed by atoms with Crippen LogP contribution in [-0.4, -0.2) is 22.9 Å². The Morgan fingerprint density at radius 2 is 1.79 bits per heavy atom. The van der Waals surface area contributed by atoms with Crippen molar-refractivity contribution in [3.63, 3.8) is 0 Å². The van der Waals surface area contributed by atoms with E-state index in [1.807, 2.05) is 0 Å². The zero-order valence-electron chi connectivity index (χ0n) is 13.9. The van der Waals surface area contributed by atoms with E-state index in [1.165, 1.54) is 6.42 Å². The van der Waals surface area contributed by atoms with Gasteiger partial charge < -0.3 is 4.90 Å². The van der Waals surface area contributed by atoms with Gasteiger partial charge in [0.25, 0.3) is 0 Å². The molecule has 2 heteroatoms. The molecule has 112 valence electrons. The van der Waals surface area contributed by atoms with Gasteiger partial charge in [-0.25, -0.2) is 0 Å². The molecule has 0 saturated carbocycles. The average molecular weight is 267 g/mol. The highest BCUT2D eigenvalue weighted by atomic mass is 16.2. The van der Waals surface area contributed by atoms with Gasteiger partial charge in [-0.15, -0.1) is 0 Å². The van der Waals surface area contributed by atoms with Crippen molar-refractivity contribution in [2.75, 3.05) is 0 Å². The van der Waals surface area contributed by atoms with Gasteiger partial charge in [0.2, 0.25) is 5.91 Å². The molecule has 1 fully saturated rings. The molecular weight excluding hydrogens is 234 g/mol. The van der Waals surface area contributed by atoms with E-state index in [1.54, 1.807) is 0 Å². The molecule has 1 aliphatic heterocycles. The summed E-state index contributed by atoms with van der Waals surface area (Å²) in [5.41, 5.74) is 0. The number of amides is 1. The van der Waals surface area contributed by atoms with Crippen molar-refractivity contribution in [2.24, 2.45) is 23.7 Å². The lowest BCUT2D eigenvalue weighted by molar-refractivity contribution is -0.142. The molecule has 2 nitrogen and oxygen atoms in total. The van der Waals surface area contributed by atoms with Gasteiger partial charge >= 0.3 is 0 Å². The Bertz CT molecular complexity index is 300. The van der Waals surface area contributed by atoms with Crippen molar-refractivity contribution in [1.29, 1.82) is 0 Å². The first-order chi connectivity index (χ1) is 8.84. The van der Waals surface area contributed by atoms with Gasteiger partial charge in [-0.3, -0.25) is 4.79 Å². The Kier molecular flexibility index (Phi) is 5.88. The van der Waals surface area contributed by atoms with Crippen LogP contribution in [0.4, 0.5) is 0 Å². The average Bonchev–Trinajstić information content (AvgIpc) is 2.64. The molecule has 0 aromatic carbocycles. The maximum atomic E-state index is 13.0. The van der Waals surface area contributed by atoms with E-state index in [2.05, 4.69) is 53.4 Å². The Balaban J connectivity index is 2.95. The lowest BCUT2D eigenvalue weighted by Crippen LogP contribution is -2.46. The van der Waals surface area contributed by atoms with Gasteiger partial charge in [-0.2, -0.15) is 0 Å². The van der Waals surface area contributed by atoms with E-state index in [9.17, 15) is 4.79 Å². The molecule has 0 N–H and O–H groups in total. The fraction of sp³-hybridized carbons (Fsp3) is 0.941. The first-order valence-electron chi connectivity index (χ1n) is 8.17.